The van der Waals surface area contributed by atoms with Crippen molar-refractivity contribution in [3.8, 4) is 0 Å². The fourth-order valence-corrected chi connectivity index (χ4v) is 4.84. The molecule has 1 aliphatic heterocycles. The van der Waals surface area contributed by atoms with Crippen molar-refractivity contribution in [3.05, 3.63) is 44.3 Å². The van der Waals surface area contributed by atoms with Crippen LogP contribution in [0.15, 0.2) is 29.0 Å². The van der Waals surface area contributed by atoms with E-state index in [1.165, 1.54) is 15.3 Å². The number of fused-ring (bicyclic) bond motifs is 1. The molecule has 0 saturated carbocycles. The minimum absolute atomic E-state index is 0.0417. The maximum atomic E-state index is 12.3. The lowest BCUT2D eigenvalue weighted by molar-refractivity contribution is -0.127. The molecule has 7 heteroatoms. The van der Waals surface area contributed by atoms with E-state index in [9.17, 15) is 9.59 Å². The lowest BCUT2D eigenvalue weighted by atomic mass is 9.98. The maximum absolute atomic E-state index is 12.3. The molecule has 0 fully saturated rings. The highest BCUT2D eigenvalue weighted by atomic mass is 32.1. The number of carbonyl (C=O) groups is 2. The van der Waals surface area contributed by atoms with Crippen LogP contribution in [0.1, 0.15) is 34.7 Å². The van der Waals surface area contributed by atoms with Gasteiger partial charge in [-0.2, -0.15) is 0 Å². The first kappa shape index (κ1) is 18.1. The van der Waals surface area contributed by atoms with E-state index in [2.05, 4.69) is 44.5 Å². The summed E-state index contributed by atoms with van der Waals surface area (Å²) < 4.78 is 0. The van der Waals surface area contributed by atoms with Crippen LogP contribution in [-0.4, -0.2) is 42.9 Å². The zero-order chi connectivity index (χ0) is 17.6. The molecule has 0 spiro atoms. The molecule has 0 aliphatic carbocycles. The van der Waals surface area contributed by atoms with Crippen LogP contribution in [0, 0.1) is 0 Å². The summed E-state index contributed by atoms with van der Waals surface area (Å²) in [6.45, 7) is 3.84. The number of hydrogen-bond acceptors (Lipinski definition) is 5. The number of amides is 2. The molecule has 0 radical (unpaired) electrons. The van der Waals surface area contributed by atoms with Gasteiger partial charge in [0.1, 0.15) is 0 Å². The molecule has 2 N–H and O–H groups in total. The van der Waals surface area contributed by atoms with Crippen molar-refractivity contribution < 1.29 is 9.59 Å². The first-order valence-electron chi connectivity index (χ1n) is 8.56. The highest BCUT2D eigenvalue weighted by Gasteiger charge is 2.31. The fraction of sp³-hybridized carbons (Fsp3) is 0.444. The average Bonchev–Trinajstić information content (AvgIpc) is 3.29. The summed E-state index contributed by atoms with van der Waals surface area (Å²) in [4.78, 5) is 28.8. The van der Waals surface area contributed by atoms with Crippen LogP contribution in [-0.2, 0) is 16.0 Å². The van der Waals surface area contributed by atoms with Crippen LogP contribution >= 0.6 is 22.7 Å². The number of rotatable bonds is 7. The number of nitrogens with zero attached hydrogens (tertiary/aromatic N) is 1. The second kappa shape index (κ2) is 8.60. The second-order valence-corrected chi connectivity index (χ2v) is 8.04. The zero-order valence-corrected chi connectivity index (χ0v) is 15.9. The summed E-state index contributed by atoms with van der Waals surface area (Å²) in [5.74, 6) is -0.240. The van der Waals surface area contributed by atoms with Gasteiger partial charge in [0, 0.05) is 22.8 Å². The van der Waals surface area contributed by atoms with Crippen LogP contribution in [0.5, 0.6) is 0 Å². The topological polar surface area (TPSA) is 61.4 Å². The number of hydrogen-bond donors (Lipinski definition) is 2. The van der Waals surface area contributed by atoms with Gasteiger partial charge < -0.3 is 10.6 Å². The molecule has 2 aromatic rings. The Labute approximate surface area is 156 Å². The van der Waals surface area contributed by atoms with E-state index < -0.39 is 0 Å². The third-order valence-electron chi connectivity index (χ3n) is 4.24. The third-order valence-corrected chi connectivity index (χ3v) is 6.16. The third kappa shape index (κ3) is 4.48. The number of carbonyl (C=O) groups excluding carboxylic acids is 2. The van der Waals surface area contributed by atoms with E-state index >= 15 is 0 Å². The van der Waals surface area contributed by atoms with Gasteiger partial charge in [0.05, 0.1) is 19.1 Å². The molecule has 25 heavy (non-hydrogen) atoms. The van der Waals surface area contributed by atoms with Crippen molar-refractivity contribution in [2.24, 2.45) is 0 Å². The van der Waals surface area contributed by atoms with Crippen molar-refractivity contribution in [2.45, 2.75) is 25.8 Å². The van der Waals surface area contributed by atoms with Crippen molar-refractivity contribution >= 4 is 34.5 Å². The maximum Gasteiger partial charge on any atom is 0.239 e. The Kier molecular flexibility index (Phi) is 6.23. The Morgan fingerprint density at radius 3 is 2.84 bits per heavy atom. The van der Waals surface area contributed by atoms with Gasteiger partial charge in [0.15, 0.2) is 0 Å². The molecule has 0 bridgehead atoms. The highest BCUT2D eigenvalue weighted by molar-refractivity contribution is 7.10. The predicted molar refractivity (Wildman–Crippen MR) is 102 cm³/mol. The summed E-state index contributed by atoms with van der Waals surface area (Å²) in [7, 11) is 0. The summed E-state index contributed by atoms with van der Waals surface area (Å²) >= 11 is 3.52. The Balaban J connectivity index is 1.63. The molecule has 1 atom stereocenters. The molecular formula is C18H23N3O2S2. The SMILES string of the molecule is CCCNC(=O)CNC(=O)CN1CCc2sccc2[C@@H]1c1cccs1. The monoisotopic (exact) mass is 377 g/mol. The van der Waals surface area contributed by atoms with E-state index in [1.54, 1.807) is 22.7 Å². The Bertz CT molecular complexity index is 712. The smallest absolute Gasteiger partial charge is 0.239 e. The first-order chi connectivity index (χ1) is 12.2. The molecule has 5 nitrogen and oxygen atoms in total. The first-order valence-corrected chi connectivity index (χ1v) is 10.3. The van der Waals surface area contributed by atoms with E-state index in [1.807, 2.05) is 6.92 Å². The summed E-state index contributed by atoms with van der Waals surface area (Å²) in [5, 5.41) is 9.71. The molecule has 3 rings (SSSR count). The van der Waals surface area contributed by atoms with E-state index in [-0.39, 0.29) is 24.4 Å². The molecule has 3 heterocycles. The van der Waals surface area contributed by atoms with Gasteiger partial charge in [-0.1, -0.05) is 13.0 Å². The van der Waals surface area contributed by atoms with Gasteiger partial charge in [0.2, 0.25) is 11.8 Å². The van der Waals surface area contributed by atoms with Crippen LogP contribution in [0.2, 0.25) is 0 Å². The van der Waals surface area contributed by atoms with Crippen molar-refractivity contribution in [2.75, 3.05) is 26.2 Å². The van der Waals surface area contributed by atoms with Crippen LogP contribution in [0.3, 0.4) is 0 Å². The van der Waals surface area contributed by atoms with Gasteiger partial charge in [-0.15, -0.1) is 22.7 Å². The normalized spacial score (nSPS) is 17.1. The molecule has 0 aromatic carbocycles. The quantitative estimate of drug-likeness (QED) is 0.779. The molecule has 0 saturated heterocycles. The zero-order valence-electron chi connectivity index (χ0n) is 14.3. The minimum Gasteiger partial charge on any atom is -0.355 e. The Hall–Kier alpha value is -1.70. The molecule has 0 unspecified atom stereocenters. The minimum atomic E-state index is -0.135. The number of nitrogens with one attached hydrogen (secondary N) is 2. The van der Waals surface area contributed by atoms with Crippen molar-refractivity contribution in [1.82, 2.24) is 15.5 Å². The summed E-state index contributed by atoms with van der Waals surface area (Å²) in [5.41, 5.74) is 1.31. The van der Waals surface area contributed by atoms with Crippen molar-refractivity contribution in [3.63, 3.8) is 0 Å². The summed E-state index contributed by atoms with van der Waals surface area (Å²) in [6, 6.07) is 6.49. The van der Waals surface area contributed by atoms with Gasteiger partial charge in [0.25, 0.3) is 0 Å². The Morgan fingerprint density at radius 2 is 2.08 bits per heavy atom. The standard InChI is InChI=1S/C18H23N3O2S2/c1-2-7-19-16(22)11-20-17(23)12-21-8-5-14-13(6-10-25-14)18(21)15-4-3-9-24-15/h3-4,6,9-10,18H,2,5,7-8,11-12H2,1H3,(H,19,22)(H,20,23)/t18-/m1/s1. The number of thiophene rings is 2. The lowest BCUT2D eigenvalue weighted by Crippen LogP contribution is -2.45. The highest BCUT2D eigenvalue weighted by Crippen LogP contribution is 2.39. The lowest BCUT2D eigenvalue weighted by Gasteiger charge is -2.34. The second-order valence-electron chi connectivity index (χ2n) is 6.06. The van der Waals surface area contributed by atoms with Gasteiger partial charge in [-0.05, 0) is 41.3 Å². The Morgan fingerprint density at radius 1 is 1.20 bits per heavy atom. The molecule has 2 amide bonds. The van der Waals surface area contributed by atoms with Crippen LogP contribution in [0.4, 0.5) is 0 Å². The van der Waals surface area contributed by atoms with Gasteiger partial charge >= 0.3 is 0 Å². The largest absolute Gasteiger partial charge is 0.355 e. The van der Waals surface area contributed by atoms with E-state index in [4.69, 9.17) is 0 Å². The fourth-order valence-electron chi connectivity index (χ4n) is 3.06. The van der Waals surface area contributed by atoms with Crippen molar-refractivity contribution in [1.29, 1.82) is 0 Å². The van der Waals surface area contributed by atoms with E-state index in [0.717, 1.165) is 19.4 Å². The average molecular weight is 378 g/mol. The molecule has 134 valence electrons. The van der Waals surface area contributed by atoms with Gasteiger partial charge in [-0.25, -0.2) is 0 Å². The molecule has 2 aromatic heterocycles. The molecular weight excluding hydrogens is 354 g/mol. The summed E-state index contributed by atoms with van der Waals surface area (Å²) in [6.07, 6.45) is 1.86. The van der Waals surface area contributed by atoms with Crippen LogP contribution < -0.4 is 10.6 Å². The molecule has 1 aliphatic rings. The van der Waals surface area contributed by atoms with E-state index in [0.29, 0.717) is 13.1 Å². The predicted octanol–water partition coefficient (Wildman–Crippen LogP) is 2.40. The van der Waals surface area contributed by atoms with Gasteiger partial charge in [-0.3, -0.25) is 14.5 Å². The van der Waals surface area contributed by atoms with Crippen LogP contribution in [0.25, 0.3) is 0 Å².